The number of rotatable bonds is 4. The fourth-order valence-electron chi connectivity index (χ4n) is 5.83. The fraction of sp³-hybridized carbons (Fsp3) is 0.385. The number of imide groups is 1. The van der Waals surface area contributed by atoms with Crippen LogP contribution in [0.25, 0.3) is 22.3 Å². The molecule has 2 atom stereocenters. The number of piperidine rings is 1. The van der Waals surface area contributed by atoms with Crippen LogP contribution in [0, 0.1) is 24.2 Å². The summed E-state index contributed by atoms with van der Waals surface area (Å²) in [5, 5.41) is 8.42. The maximum absolute atomic E-state index is 12.8. The quantitative estimate of drug-likeness (QED) is 0.528. The predicted molar refractivity (Wildman–Crippen MR) is 137 cm³/mol. The largest absolute Gasteiger partial charge is 0.313 e. The van der Waals surface area contributed by atoms with Crippen molar-refractivity contribution in [1.29, 1.82) is 0 Å². The minimum Gasteiger partial charge on any atom is -0.313 e. The Bertz CT molecular complexity index is 1390. The maximum atomic E-state index is 12.8. The van der Waals surface area contributed by atoms with E-state index in [4.69, 9.17) is 11.6 Å². The third-order valence-electron chi connectivity index (χ3n) is 7.64. The highest BCUT2D eigenvalue weighted by Gasteiger charge is 2.72. The van der Waals surface area contributed by atoms with Gasteiger partial charge < -0.3 is 5.32 Å². The van der Waals surface area contributed by atoms with Crippen molar-refractivity contribution in [3.63, 3.8) is 0 Å². The van der Waals surface area contributed by atoms with Gasteiger partial charge in [-0.05, 0) is 65.8 Å². The standard InChI is InChI=1S/C26H26ClN5O2.ClH/c1-14-8-17(27)10-18(20(14)16-4-6-28-7-5-16)23-19-9-15(12-32(19)30-13-29-23)11-31-24(33)21-22(25(31)34)26(21,2)3;/h4,8-10,12-13,21-22,28H,5-7,11H2,1-3H3;1H. The number of benzene rings is 1. The van der Waals surface area contributed by atoms with Crippen molar-refractivity contribution in [3.8, 4) is 11.3 Å². The number of nitrogens with zero attached hydrogens (tertiary/aromatic N) is 4. The van der Waals surface area contributed by atoms with Crippen molar-refractivity contribution in [2.75, 3.05) is 13.1 Å². The Balaban J connectivity index is 0.00000253. The van der Waals surface area contributed by atoms with Gasteiger partial charge in [-0.25, -0.2) is 9.50 Å². The number of carbonyl (C=O) groups excluding carboxylic acids is 2. The fourth-order valence-corrected chi connectivity index (χ4v) is 6.10. The van der Waals surface area contributed by atoms with Crippen LogP contribution in [0.4, 0.5) is 0 Å². The zero-order chi connectivity index (χ0) is 23.8. The Kier molecular flexibility index (Phi) is 5.78. The third kappa shape index (κ3) is 3.68. The van der Waals surface area contributed by atoms with Crippen LogP contribution >= 0.6 is 24.0 Å². The summed E-state index contributed by atoms with van der Waals surface area (Å²) < 4.78 is 1.77. The molecule has 7 nitrogen and oxygen atoms in total. The molecule has 2 fully saturated rings. The van der Waals surface area contributed by atoms with E-state index in [9.17, 15) is 9.59 Å². The second-order valence-corrected chi connectivity index (χ2v) is 10.6. The van der Waals surface area contributed by atoms with Crippen LogP contribution in [0.5, 0.6) is 0 Å². The lowest BCUT2D eigenvalue weighted by atomic mass is 9.90. The molecule has 2 aliphatic heterocycles. The van der Waals surface area contributed by atoms with E-state index < -0.39 is 0 Å². The average Bonchev–Trinajstić information content (AvgIpc) is 3.04. The Hall–Kier alpha value is -2.74. The molecule has 0 bridgehead atoms. The van der Waals surface area contributed by atoms with Crippen molar-refractivity contribution < 1.29 is 9.59 Å². The molecule has 4 heterocycles. The Morgan fingerprint density at radius 1 is 1.17 bits per heavy atom. The molecule has 0 spiro atoms. The molecule has 1 N–H and O–H groups in total. The van der Waals surface area contributed by atoms with Gasteiger partial charge in [-0.3, -0.25) is 14.5 Å². The predicted octanol–water partition coefficient (Wildman–Crippen LogP) is 4.30. The number of fused-ring (bicyclic) bond motifs is 2. The third-order valence-corrected chi connectivity index (χ3v) is 7.85. The van der Waals surface area contributed by atoms with Crippen molar-refractivity contribution in [2.24, 2.45) is 17.3 Å². The van der Waals surface area contributed by atoms with Crippen molar-refractivity contribution >= 4 is 46.9 Å². The highest BCUT2D eigenvalue weighted by molar-refractivity contribution is 6.31. The number of hydrogen-bond acceptors (Lipinski definition) is 5. The van der Waals surface area contributed by atoms with Gasteiger partial charge in [0.25, 0.3) is 0 Å². The van der Waals surface area contributed by atoms with Crippen LogP contribution in [0.15, 0.2) is 36.8 Å². The van der Waals surface area contributed by atoms with Gasteiger partial charge in [0.1, 0.15) is 6.33 Å². The molecular formula is C26H27Cl2N5O2. The molecule has 182 valence electrons. The second kappa shape index (κ2) is 8.43. The number of aryl methyl sites for hydroxylation is 1. The Morgan fingerprint density at radius 3 is 2.60 bits per heavy atom. The molecule has 3 aliphatic rings. The molecule has 2 amide bonds. The van der Waals surface area contributed by atoms with Crippen LogP contribution in [0.3, 0.4) is 0 Å². The highest BCUT2D eigenvalue weighted by atomic mass is 35.5. The first kappa shape index (κ1) is 24.0. The molecular weight excluding hydrogens is 485 g/mol. The smallest absolute Gasteiger partial charge is 0.233 e. The van der Waals surface area contributed by atoms with E-state index in [-0.39, 0.29) is 48.0 Å². The molecule has 9 heteroatoms. The van der Waals surface area contributed by atoms with Crippen molar-refractivity contribution in [1.82, 2.24) is 24.8 Å². The lowest BCUT2D eigenvalue weighted by Gasteiger charge is -2.20. The van der Waals surface area contributed by atoms with Crippen LogP contribution in [-0.2, 0) is 16.1 Å². The first-order valence-corrected chi connectivity index (χ1v) is 12.0. The first-order chi connectivity index (χ1) is 16.3. The second-order valence-electron chi connectivity index (χ2n) is 10.2. The number of likely N-dealkylation sites (tertiary alicyclic amines) is 1. The summed E-state index contributed by atoms with van der Waals surface area (Å²) in [4.78, 5) is 31.7. The van der Waals surface area contributed by atoms with E-state index in [0.29, 0.717) is 5.02 Å². The van der Waals surface area contributed by atoms with Crippen LogP contribution in [0.1, 0.15) is 37.0 Å². The Morgan fingerprint density at radius 2 is 1.91 bits per heavy atom. The molecule has 1 aliphatic carbocycles. The number of amides is 2. The molecule has 2 aromatic heterocycles. The van der Waals surface area contributed by atoms with E-state index in [1.807, 2.05) is 38.2 Å². The van der Waals surface area contributed by atoms with Gasteiger partial charge >= 0.3 is 0 Å². The minimum absolute atomic E-state index is 0. The van der Waals surface area contributed by atoms with Gasteiger partial charge in [-0.15, -0.1) is 12.4 Å². The molecule has 6 rings (SSSR count). The average molecular weight is 512 g/mol. The van der Waals surface area contributed by atoms with E-state index in [1.165, 1.54) is 16.8 Å². The van der Waals surface area contributed by atoms with Crippen LogP contribution in [0.2, 0.25) is 5.02 Å². The summed E-state index contributed by atoms with van der Waals surface area (Å²) in [7, 11) is 0. The summed E-state index contributed by atoms with van der Waals surface area (Å²) in [6, 6.07) is 5.93. The highest BCUT2D eigenvalue weighted by Crippen LogP contribution is 2.63. The Labute approximate surface area is 215 Å². The number of aromatic nitrogens is 3. The van der Waals surface area contributed by atoms with Gasteiger partial charge in [0.15, 0.2) is 0 Å². The van der Waals surface area contributed by atoms with Crippen molar-refractivity contribution in [2.45, 2.75) is 33.7 Å². The number of carbonyl (C=O) groups is 2. The SMILES string of the molecule is Cc1cc(Cl)cc(-c2ncnn3cc(CN4C(=O)C5C(C4=O)C5(C)C)cc23)c1C1=CCNCC1.Cl. The van der Waals surface area contributed by atoms with E-state index >= 15 is 0 Å². The maximum Gasteiger partial charge on any atom is 0.233 e. The minimum atomic E-state index is -0.209. The van der Waals surface area contributed by atoms with Crippen molar-refractivity contribution in [3.05, 3.63) is 58.5 Å². The summed E-state index contributed by atoms with van der Waals surface area (Å²) >= 11 is 6.49. The molecule has 35 heavy (non-hydrogen) atoms. The van der Waals surface area contributed by atoms with Crippen LogP contribution < -0.4 is 5.32 Å². The normalized spacial score (nSPS) is 22.7. The molecule has 1 saturated carbocycles. The van der Waals surface area contributed by atoms with Gasteiger partial charge in [-0.1, -0.05) is 31.5 Å². The molecule has 1 aromatic carbocycles. The van der Waals surface area contributed by atoms with E-state index in [1.54, 1.807) is 4.52 Å². The summed E-state index contributed by atoms with van der Waals surface area (Å²) in [6.45, 7) is 8.08. The lowest BCUT2D eigenvalue weighted by molar-refractivity contribution is -0.143. The monoisotopic (exact) mass is 511 g/mol. The number of halogens is 2. The zero-order valence-electron chi connectivity index (χ0n) is 19.8. The first-order valence-electron chi connectivity index (χ1n) is 11.7. The van der Waals surface area contributed by atoms with Crippen LogP contribution in [-0.4, -0.2) is 44.4 Å². The molecule has 3 aromatic rings. The van der Waals surface area contributed by atoms with Gasteiger partial charge in [0.2, 0.25) is 11.8 Å². The lowest BCUT2D eigenvalue weighted by Crippen LogP contribution is -2.35. The summed E-state index contributed by atoms with van der Waals surface area (Å²) in [5.74, 6) is -0.482. The van der Waals surface area contributed by atoms with Gasteiger partial charge in [-0.2, -0.15) is 5.10 Å². The number of nitrogens with one attached hydrogen (secondary N) is 1. The summed E-state index contributed by atoms with van der Waals surface area (Å²) in [5.41, 5.74) is 6.75. The summed E-state index contributed by atoms with van der Waals surface area (Å²) in [6.07, 6.45) is 6.56. The topological polar surface area (TPSA) is 79.6 Å². The van der Waals surface area contributed by atoms with E-state index in [0.717, 1.165) is 53.0 Å². The zero-order valence-corrected chi connectivity index (χ0v) is 21.4. The molecule has 1 saturated heterocycles. The van der Waals surface area contributed by atoms with Gasteiger partial charge in [0, 0.05) is 23.3 Å². The molecule has 2 unspecified atom stereocenters. The van der Waals surface area contributed by atoms with Gasteiger partial charge in [0.05, 0.1) is 29.6 Å². The molecule has 0 radical (unpaired) electrons. The number of hydrogen-bond donors (Lipinski definition) is 1. The van der Waals surface area contributed by atoms with E-state index in [2.05, 4.69) is 28.4 Å².